The molecule has 2 N–H and O–H groups in total. The summed E-state index contributed by atoms with van der Waals surface area (Å²) in [5, 5.41) is 6.59. The van der Waals surface area contributed by atoms with Crippen molar-refractivity contribution >= 4 is 5.91 Å². The Kier molecular flexibility index (Phi) is 3.04. The predicted molar refractivity (Wildman–Crippen MR) is 66.8 cm³/mol. The minimum atomic E-state index is -0.313. The number of benzene rings is 1. The third kappa shape index (κ3) is 2.38. The highest BCUT2D eigenvalue weighted by Crippen LogP contribution is 2.26. The molecule has 0 aliphatic carbocycles. The summed E-state index contributed by atoms with van der Waals surface area (Å²) in [4.78, 5) is 12.0. The van der Waals surface area contributed by atoms with E-state index in [0.717, 1.165) is 12.8 Å². The average Bonchev–Trinajstić information content (AvgIpc) is 2.69. The first kappa shape index (κ1) is 11.7. The van der Waals surface area contributed by atoms with Crippen molar-refractivity contribution in [3.63, 3.8) is 0 Å². The lowest BCUT2D eigenvalue weighted by Gasteiger charge is -2.29. The van der Waals surface area contributed by atoms with Gasteiger partial charge in [-0.1, -0.05) is 0 Å². The maximum absolute atomic E-state index is 12.8. The van der Waals surface area contributed by atoms with Gasteiger partial charge in [-0.15, -0.1) is 0 Å². The number of carbonyl (C=O) groups excluding carboxylic acids is 1. The molecule has 96 valence electrons. The first-order valence-corrected chi connectivity index (χ1v) is 6.53. The van der Waals surface area contributed by atoms with Gasteiger partial charge in [0.1, 0.15) is 5.82 Å². The van der Waals surface area contributed by atoms with Crippen LogP contribution in [0.25, 0.3) is 0 Å². The normalized spacial score (nSPS) is 30.2. The molecule has 2 aliphatic heterocycles. The molecule has 2 heterocycles. The van der Waals surface area contributed by atoms with E-state index in [4.69, 9.17) is 0 Å². The third-order valence-electron chi connectivity index (χ3n) is 3.91. The summed E-state index contributed by atoms with van der Waals surface area (Å²) >= 11 is 0. The third-order valence-corrected chi connectivity index (χ3v) is 3.91. The summed E-state index contributed by atoms with van der Waals surface area (Å²) in [5.74, 6) is -0.409. The van der Waals surface area contributed by atoms with Crippen molar-refractivity contribution in [3.8, 4) is 0 Å². The lowest BCUT2D eigenvalue weighted by Crippen LogP contribution is -2.48. The molecule has 0 saturated carbocycles. The molecule has 1 amide bonds. The Hall–Kier alpha value is -1.42. The highest BCUT2D eigenvalue weighted by molar-refractivity contribution is 5.94. The van der Waals surface area contributed by atoms with Gasteiger partial charge >= 0.3 is 0 Å². The van der Waals surface area contributed by atoms with Crippen LogP contribution in [-0.2, 0) is 0 Å². The van der Waals surface area contributed by atoms with Gasteiger partial charge in [-0.05, 0) is 49.9 Å². The molecule has 2 saturated heterocycles. The van der Waals surface area contributed by atoms with Gasteiger partial charge in [0, 0.05) is 23.7 Å². The van der Waals surface area contributed by atoms with Crippen LogP contribution in [0.3, 0.4) is 0 Å². The molecule has 0 aromatic heterocycles. The largest absolute Gasteiger partial charge is 0.349 e. The maximum atomic E-state index is 12.8. The number of hydrogen-bond acceptors (Lipinski definition) is 2. The highest BCUT2D eigenvalue weighted by atomic mass is 19.1. The number of hydrogen-bond donors (Lipinski definition) is 2. The summed E-state index contributed by atoms with van der Waals surface area (Å²) < 4.78 is 12.8. The molecule has 2 fully saturated rings. The lowest BCUT2D eigenvalue weighted by atomic mass is 9.99. The zero-order chi connectivity index (χ0) is 12.5. The highest BCUT2D eigenvalue weighted by Gasteiger charge is 2.33. The second-order valence-corrected chi connectivity index (χ2v) is 5.29. The maximum Gasteiger partial charge on any atom is 0.251 e. The number of carbonyl (C=O) groups is 1. The van der Waals surface area contributed by atoms with Crippen molar-refractivity contribution in [1.82, 2.24) is 10.6 Å². The van der Waals surface area contributed by atoms with Crippen LogP contribution in [0, 0.1) is 5.82 Å². The van der Waals surface area contributed by atoms with Crippen LogP contribution in [0.15, 0.2) is 24.3 Å². The first-order chi connectivity index (χ1) is 8.70. The number of amides is 1. The van der Waals surface area contributed by atoms with Crippen molar-refractivity contribution in [2.24, 2.45) is 0 Å². The zero-order valence-electron chi connectivity index (χ0n) is 10.2. The number of fused-ring (bicyclic) bond motifs is 2. The van der Waals surface area contributed by atoms with Gasteiger partial charge in [0.15, 0.2) is 0 Å². The summed E-state index contributed by atoms with van der Waals surface area (Å²) in [6.45, 7) is 0. The first-order valence-electron chi connectivity index (χ1n) is 6.53. The van der Waals surface area contributed by atoms with Crippen LogP contribution in [0.5, 0.6) is 0 Å². The molecule has 2 unspecified atom stereocenters. The van der Waals surface area contributed by atoms with Crippen LogP contribution in [0.2, 0.25) is 0 Å². The second kappa shape index (κ2) is 4.69. The quantitative estimate of drug-likeness (QED) is 0.838. The SMILES string of the molecule is O=C(NC1CC2CCC(C1)N2)c1ccc(F)cc1. The van der Waals surface area contributed by atoms with E-state index in [1.807, 2.05) is 0 Å². The molecule has 2 atom stereocenters. The van der Waals surface area contributed by atoms with Crippen LogP contribution in [-0.4, -0.2) is 24.0 Å². The smallest absolute Gasteiger partial charge is 0.251 e. The Morgan fingerprint density at radius 3 is 2.39 bits per heavy atom. The Bertz CT molecular complexity index is 434. The molecule has 2 bridgehead atoms. The van der Waals surface area contributed by atoms with Crippen molar-refractivity contribution in [3.05, 3.63) is 35.6 Å². The Morgan fingerprint density at radius 2 is 1.78 bits per heavy atom. The minimum Gasteiger partial charge on any atom is -0.349 e. The number of rotatable bonds is 2. The molecule has 1 aromatic carbocycles. The van der Waals surface area contributed by atoms with E-state index in [0.29, 0.717) is 17.6 Å². The van der Waals surface area contributed by atoms with E-state index >= 15 is 0 Å². The van der Waals surface area contributed by atoms with Gasteiger partial charge in [0.25, 0.3) is 5.91 Å². The molecule has 3 rings (SSSR count). The van der Waals surface area contributed by atoms with Gasteiger partial charge < -0.3 is 10.6 Å². The Morgan fingerprint density at radius 1 is 1.17 bits per heavy atom. The fourth-order valence-corrected chi connectivity index (χ4v) is 3.05. The van der Waals surface area contributed by atoms with E-state index < -0.39 is 0 Å². The Labute approximate surface area is 106 Å². The summed E-state index contributed by atoms with van der Waals surface area (Å²) in [5.41, 5.74) is 0.530. The van der Waals surface area contributed by atoms with Gasteiger partial charge in [-0.3, -0.25) is 4.79 Å². The summed E-state index contributed by atoms with van der Waals surface area (Å²) in [6.07, 6.45) is 4.44. The van der Waals surface area contributed by atoms with Crippen LogP contribution < -0.4 is 10.6 Å². The Balaban J connectivity index is 1.62. The fraction of sp³-hybridized carbons (Fsp3) is 0.500. The molecule has 3 nitrogen and oxygen atoms in total. The summed E-state index contributed by atoms with van der Waals surface area (Å²) in [7, 11) is 0. The molecule has 18 heavy (non-hydrogen) atoms. The van der Waals surface area contributed by atoms with E-state index in [1.54, 1.807) is 0 Å². The second-order valence-electron chi connectivity index (χ2n) is 5.29. The number of piperidine rings is 1. The van der Waals surface area contributed by atoms with Crippen molar-refractivity contribution in [1.29, 1.82) is 0 Å². The fourth-order valence-electron chi connectivity index (χ4n) is 3.05. The molecule has 0 spiro atoms. The van der Waals surface area contributed by atoms with Crippen LogP contribution in [0.4, 0.5) is 4.39 Å². The van der Waals surface area contributed by atoms with Gasteiger partial charge in [0.2, 0.25) is 0 Å². The monoisotopic (exact) mass is 248 g/mol. The molecule has 1 aromatic rings. The van der Waals surface area contributed by atoms with Crippen LogP contribution in [0.1, 0.15) is 36.0 Å². The van der Waals surface area contributed by atoms with E-state index in [1.165, 1.54) is 37.1 Å². The van der Waals surface area contributed by atoms with Crippen molar-refractivity contribution < 1.29 is 9.18 Å². The standard InChI is InChI=1S/C14H17FN2O/c15-10-3-1-9(2-4-10)14(18)17-13-7-11-5-6-12(8-13)16-11/h1-4,11-13,16H,5-8H2,(H,17,18). The van der Waals surface area contributed by atoms with Crippen LogP contribution >= 0.6 is 0 Å². The van der Waals surface area contributed by atoms with Gasteiger partial charge in [-0.2, -0.15) is 0 Å². The van der Waals surface area contributed by atoms with E-state index in [9.17, 15) is 9.18 Å². The van der Waals surface area contributed by atoms with Gasteiger partial charge in [0.05, 0.1) is 0 Å². The van der Waals surface area contributed by atoms with E-state index in [2.05, 4.69) is 10.6 Å². The van der Waals surface area contributed by atoms with Gasteiger partial charge in [-0.25, -0.2) is 4.39 Å². The average molecular weight is 248 g/mol. The zero-order valence-corrected chi connectivity index (χ0v) is 10.2. The molecule has 0 radical (unpaired) electrons. The topological polar surface area (TPSA) is 41.1 Å². The molecular weight excluding hydrogens is 231 g/mol. The number of halogens is 1. The van der Waals surface area contributed by atoms with Crippen molar-refractivity contribution in [2.75, 3.05) is 0 Å². The number of nitrogens with one attached hydrogen (secondary N) is 2. The van der Waals surface area contributed by atoms with Crippen molar-refractivity contribution in [2.45, 2.75) is 43.8 Å². The molecule has 4 heteroatoms. The van der Waals surface area contributed by atoms with E-state index in [-0.39, 0.29) is 17.8 Å². The molecular formula is C14H17FN2O. The summed E-state index contributed by atoms with van der Waals surface area (Å²) in [6, 6.07) is 7.06. The predicted octanol–water partition coefficient (Wildman–Crippen LogP) is 1.84. The lowest BCUT2D eigenvalue weighted by molar-refractivity contribution is 0.0924. The molecule has 2 aliphatic rings. The minimum absolute atomic E-state index is 0.0960.